The highest BCUT2D eigenvalue weighted by molar-refractivity contribution is 7.99. The molecular formula is C14H19FN2OS. The first kappa shape index (κ1) is 14.3. The number of hydrogen-bond acceptors (Lipinski definition) is 3. The lowest BCUT2D eigenvalue weighted by atomic mass is 10.0. The van der Waals surface area contributed by atoms with E-state index < -0.39 is 6.04 Å². The number of benzene rings is 1. The Morgan fingerprint density at radius 1 is 1.53 bits per heavy atom. The van der Waals surface area contributed by atoms with Crippen molar-refractivity contribution in [2.75, 3.05) is 5.75 Å². The molecule has 1 unspecified atom stereocenters. The molecule has 1 aliphatic heterocycles. The number of carbonyl (C=O) groups is 1. The van der Waals surface area contributed by atoms with Crippen LogP contribution in [0, 0.1) is 11.7 Å². The van der Waals surface area contributed by atoms with E-state index in [4.69, 9.17) is 5.73 Å². The van der Waals surface area contributed by atoms with Gasteiger partial charge < -0.3 is 11.1 Å². The maximum atomic E-state index is 13.3. The molecule has 1 aliphatic rings. The Labute approximate surface area is 117 Å². The van der Waals surface area contributed by atoms with Crippen molar-refractivity contribution in [3.63, 3.8) is 0 Å². The van der Waals surface area contributed by atoms with Crippen LogP contribution in [0.3, 0.4) is 0 Å². The second kappa shape index (κ2) is 5.92. The van der Waals surface area contributed by atoms with Gasteiger partial charge in [0, 0.05) is 10.6 Å². The summed E-state index contributed by atoms with van der Waals surface area (Å²) in [5, 5.41) is 2.94. The van der Waals surface area contributed by atoms with Crippen molar-refractivity contribution in [1.29, 1.82) is 0 Å². The highest BCUT2D eigenvalue weighted by atomic mass is 32.2. The van der Waals surface area contributed by atoms with Gasteiger partial charge in [-0.25, -0.2) is 4.39 Å². The molecule has 5 heteroatoms. The molecule has 104 valence electrons. The van der Waals surface area contributed by atoms with Crippen molar-refractivity contribution >= 4 is 17.7 Å². The molecule has 0 bridgehead atoms. The van der Waals surface area contributed by atoms with E-state index in [-0.39, 0.29) is 23.7 Å². The summed E-state index contributed by atoms with van der Waals surface area (Å²) in [4.78, 5) is 13.0. The molecule has 2 atom stereocenters. The number of carbonyl (C=O) groups excluding carboxylic acids is 1. The molecule has 0 aliphatic carbocycles. The summed E-state index contributed by atoms with van der Waals surface area (Å²) in [5.41, 5.74) is 6.70. The van der Waals surface area contributed by atoms with Crippen molar-refractivity contribution < 1.29 is 9.18 Å². The summed E-state index contributed by atoms with van der Waals surface area (Å²) in [6, 6.07) is 4.08. The highest BCUT2D eigenvalue weighted by Crippen LogP contribution is 2.36. The lowest BCUT2D eigenvalue weighted by Gasteiger charge is -2.27. The van der Waals surface area contributed by atoms with Gasteiger partial charge in [0.05, 0.1) is 12.1 Å². The van der Waals surface area contributed by atoms with Gasteiger partial charge in [-0.3, -0.25) is 4.79 Å². The Morgan fingerprint density at radius 3 is 2.95 bits per heavy atom. The first-order valence-electron chi connectivity index (χ1n) is 6.47. The minimum Gasteiger partial charge on any atom is -0.348 e. The van der Waals surface area contributed by atoms with Crippen LogP contribution in [-0.2, 0) is 4.79 Å². The van der Waals surface area contributed by atoms with Crippen molar-refractivity contribution in [3.05, 3.63) is 29.6 Å². The largest absolute Gasteiger partial charge is 0.348 e. The summed E-state index contributed by atoms with van der Waals surface area (Å²) in [5.74, 6) is 0.571. The number of fused-ring (bicyclic) bond motifs is 1. The monoisotopic (exact) mass is 282 g/mol. The fourth-order valence-corrected chi connectivity index (χ4v) is 3.19. The van der Waals surface area contributed by atoms with Crippen molar-refractivity contribution in [3.8, 4) is 0 Å². The third-order valence-corrected chi connectivity index (χ3v) is 4.47. The normalized spacial score (nSPS) is 19.9. The predicted molar refractivity (Wildman–Crippen MR) is 75.4 cm³/mol. The molecule has 2 rings (SSSR count). The number of rotatable bonds is 3. The predicted octanol–water partition coefficient (Wildman–Crippen LogP) is 2.46. The summed E-state index contributed by atoms with van der Waals surface area (Å²) in [6.07, 6.45) is 0.803. The number of amides is 1. The maximum Gasteiger partial charge on any atom is 0.237 e. The van der Waals surface area contributed by atoms with Gasteiger partial charge in [-0.1, -0.05) is 13.8 Å². The lowest BCUT2D eigenvalue weighted by Crippen LogP contribution is -2.45. The Morgan fingerprint density at radius 2 is 2.26 bits per heavy atom. The minimum atomic E-state index is -0.522. The topological polar surface area (TPSA) is 55.1 Å². The number of halogens is 1. The van der Waals surface area contributed by atoms with Crippen LogP contribution in [0.1, 0.15) is 31.9 Å². The van der Waals surface area contributed by atoms with Gasteiger partial charge in [0.1, 0.15) is 5.82 Å². The van der Waals surface area contributed by atoms with Crippen molar-refractivity contribution in [1.82, 2.24) is 5.32 Å². The molecule has 0 saturated carbocycles. The Balaban J connectivity index is 2.15. The number of thioether (sulfide) groups is 1. The summed E-state index contributed by atoms with van der Waals surface area (Å²) >= 11 is 1.69. The van der Waals surface area contributed by atoms with E-state index in [1.54, 1.807) is 17.8 Å². The van der Waals surface area contributed by atoms with Crippen molar-refractivity contribution in [2.45, 2.75) is 37.2 Å². The summed E-state index contributed by atoms with van der Waals surface area (Å²) < 4.78 is 13.3. The molecule has 1 aromatic rings. The van der Waals surface area contributed by atoms with Gasteiger partial charge in [-0.2, -0.15) is 0 Å². The Kier molecular flexibility index (Phi) is 4.47. The molecule has 19 heavy (non-hydrogen) atoms. The molecule has 1 amide bonds. The van der Waals surface area contributed by atoms with E-state index in [1.165, 1.54) is 12.1 Å². The van der Waals surface area contributed by atoms with Gasteiger partial charge in [-0.15, -0.1) is 11.8 Å². The Bertz CT molecular complexity index is 479. The molecule has 0 radical (unpaired) electrons. The zero-order valence-electron chi connectivity index (χ0n) is 11.2. The molecule has 1 aromatic carbocycles. The molecule has 1 heterocycles. The van der Waals surface area contributed by atoms with Gasteiger partial charge in [-0.05, 0) is 36.1 Å². The number of hydrogen-bond donors (Lipinski definition) is 2. The van der Waals surface area contributed by atoms with Crippen LogP contribution in [0.15, 0.2) is 23.1 Å². The van der Waals surface area contributed by atoms with E-state index >= 15 is 0 Å². The lowest BCUT2D eigenvalue weighted by molar-refractivity contribution is -0.124. The average molecular weight is 282 g/mol. The van der Waals surface area contributed by atoms with Crippen LogP contribution in [0.4, 0.5) is 4.39 Å². The zero-order chi connectivity index (χ0) is 14.0. The molecule has 0 saturated heterocycles. The molecule has 0 fully saturated rings. The maximum absolute atomic E-state index is 13.3. The van der Waals surface area contributed by atoms with Gasteiger partial charge in [0.2, 0.25) is 5.91 Å². The first-order chi connectivity index (χ1) is 8.99. The average Bonchev–Trinajstić information content (AvgIpc) is 2.38. The van der Waals surface area contributed by atoms with Crippen LogP contribution in [0.25, 0.3) is 0 Å². The smallest absolute Gasteiger partial charge is 0.237 e. The SMILES string of the molecule is CC(C)[C@@H](N)C(=O)NC1CCSc2ccc(F)cc21. The molecule has 3 nitrogen and oxygen atoms in total. The third-order valence-electron chi connectivity index (χ3n) is 3.35. The van der Waals surface area contributed by atoms with Crippen LogP contribution >= 0.6 is 11.8 Å². The minimum absolute atomic E-state index is 0.0879. The van der Waals surface area contributed by atoms with Crippen LogP contribution in [-0.4, -0.2) is 17.7 Å². The molecular weight excluding hydrogens is 263 g/mol. The first-order valence-corrected chi connectivity index (χ1v) is 7.46. The molecule has 0 aromatic heterocycles. The van der Waals surface area contributed by atoms with Crippen LogP contribution < -0.4 is 11.1 Å². The summed E-state index contributed by atoms with van der Waals surface area (Å²) in [7, 11) is 0. The second-order valence-corrected chi connectivity index (χ2v) is 6.29. The quantitative estimate of drug-likeness (QED) is 0.895. The highest BCUT2D eigenvalue weighted by Gasteiger charge is 2.25. The van der Waals surface area contributed by atoms with E-state index in [2.05, 4.69) is 5.32 Å². The molecule has 0 spiro atoms. The van der Waals surface area contributed by atoms with Gasteiger partial charge in [0.15, 0.2) is 0 Å². The third kappa shape index (κ3) is 3.28. The fraction of sp³-hybridized carbons (Fsp3) is 0.500. The van der Waals surface area contributed by atoms with E-state index in [9.17, 15) is 9.18 Å². The van der Waals surface area contributed by atoms with Crippen LogP contribution in [0.5, 0.6) is 0 Å². The fourth-order valence-electron chi connectivity index (χ4n) is 2.09. The zero-order valence-corrected chi connectivity index (χ0v) is 12.0. The molecule has 3 N–H and O–H groups in total. The summed E-state index contributed by atoms with van der Waals surface area (Å²) in [6.45, 7) is 3.82. The van der Waals surface area contributed by atoms with Gasteiger partial charge >= 0.3 is 0 Å². The number of nitrogens with one attached hydrogen (secondary N) is 1. The van der Waals surface area contributed by atoms with Gasteiger partial charge in [0.25, 0.3) is 0 Å². The van der Waals surface area contributed by atoms with Crippen molar-refractivity contribution in [2.24, 2.45) is 11.7 Å². The van der Waals surface area contributed by atoms with E-state index in [0.717, 1.165) is 22.6 Å². The second-order valence-electron chi connectivity index (χ2n) is 5.15. The van der Waals surface area contributed by atoms with Crippen LogP contribution in [0.2, 0.25) is 0 Å². The Hall–Kier alpha value is -1.07. The van der Waals surface area contributed by atoms with E-state index in [1.807, 2.05) is 13.8 Å². The number of nitrogens with two attached hydrogens (primary N) is 1. The van der Waals surface area contributed by atoms with E-state index in [0.29, 0.717) is 0 Å². The standard InChI is InChI=1S/C14H19FN2OS/c1-8(2)13(16)14(18)17-11-5-6-19-12-4-3-9(15)7-10(11)12/h3-4,7-8,11,13H,5-6,16H2,1-2H3,(H,17,18)/t11?,13-/m1/s1.